The smallest absolute Gasteiger partial charge is 0.350 e. The van der Waals surface area contributed by atoms with E-state index in [0.29, 0.717) is 30.7 Å². The average molecular weight is 367 g/mol. The molecule has 1 unspecified atom stereocenters. The maximum absolute atomic E-state index is 12.4. The topological polar surface area (TPSA) is 88.1 Å². The number of urea groups is 1. The lowest BCUT2D eigenvalue weighted by Gasteiger charge is -2.28. The lowest BCUT2D eigenvalue weighted by atomic mass is 9.95. The highest BCUT2D eigenvalue weighted by Gasteiger charge is 2.35. The zero-order valence-electron chi connectivity index (χ0n) is 15.1. The van der Waals surface area contributed by atoms with Crippen LogP contribution >= 0.6 is 0 Å². The Balaban J connectivity index is 1.44. The number of rotatable bonds is 7. The van der Waals surface area contributed by atoms with Crippen LogP contribution in [0.1, 0.15) is 19.3 Å². The fourth-order valence-corrected chi connectivity index (χ4v) is 2.94. The first-order valence-corrected chi connectivity index (χ1v) is 8.81. The molecule has 4 amide bonds. The van der Waals surface area contributed by atoms with E-state index in [1.807, 2.05) is 0 Å². The highest BCUT2D eigenvalue weighted by atomic mass is 16.5. The Hall–Kier alpha value is -3.22. The first kappa shape index (κ1) is 18.6. The lowest BCUT2D eigenvalue weighted by Crippen LogP contribution is -2.46. The minimum absolute atomic E-state index is 0.114. The van der Waals surface area contributed by atoms with Crippen LogP contribution in [-0.2, 0) is 9.59 Å². The van der Waals surface area contributed by atoms with Crippen molar-refractivity contribution in [2.24, 2.45) is 10.9 Å². The normalized spacial score (nSPS) is 18.2. The molecule has 27 heavy (non-hydrogen) atoms. The van der Waals surface area contributed by atoms with Gasteiger partial charge in [-0.1, -0.05) is 18.2 Å². The van der Waals surface area contributed by atoms with Gasteiger partial charge in [-0.3, -0.25) is 14.5 Å². The maximum Gasteiger partial charge on any atom is 0.350 e. The van der Waals surface area contributed by atoms with Crippen molar-refractivity contribution in [1.29, 1.82) is 0 Å². The second kappa shape index (κ2) is 8.44. The third kappa shape index (κ3) is 4.49. The lowest BCUT2D eigenvalue weighted by molar-refractivity contribution is -0.129. The molecule has 0 bridgehead atoms. The van der Waals surface area contributed by atoms with Gasteiger partial charge < -0.3 is 10.1 Å². The molecule has 3 rings (SSSR count). The van der Waals surface area contributed by atoms with Gasteiger partial charge in [0.05, 0.1) is 18.7 Å². The number of amides is 4. The number of carbonyl (C=O) groups excluding carboxylic acids is 3. The van der Waals surface area contributed by atoms with Crippen LogP contribution in [0, 0.1) is 5.92 Å². The summed E-state index contributed by atoms with van der Waals surface area (Å²) in [5.74, 6) is -0.130. The molecule has 2 aliphatic rings. The van der Waals surface area contributed by atoms with Gasteiger partial charge in [0.2, 0.25) is 11.8 Å². The Morgan fingerprint density at radius 2 is 1.96 bits per heavy atom. The Labute approximate surface area is 157 Å². The number of allylic oxidation sites excluding steroid dienone is 3. The summed E-state index contributed by atoms with van der Waals surface area (Å²) in [4.78, 5) is 41.6. The molecule has 1 heterocycles. The average Bonchev–Trinajstić information content (AvgIpc) is 2.68. The Kier molecular flexibility index (Phi) is 5.80. The number of anilines is 1. The van der Waals surface area contributed by atoms with Crippen molar-refractivity contribution in [1.82, 2.24) is 4.90 Å². The Morgan fingerprint density at radius 1 is 1.19 bits per heavy atom. The van der Waals surface area contributed by atoms with E-state index in [0.717, 1.165) is 5.75 Å². The Bertz CT molecular complexity index is 824. The van der Waals surface area contributed by atoms with Crippen molar-refractivity contribution < 1.29 is 19.1 Å². The molecule has 7 heteroatoms. The third-order valence-corrected chi connectivity index (χ3v) is 4.40. The molecule has 1 aromatic carbocycles. The predicted molar refractivity (Wildman–Crippen MR) is 102 cm³/mol. The molecule has 0 aromatic heterocycles. The number of fused-ring (bicyclic) bond motifs is 1. The quantitative estimate of drug-likeness (QED) is 0.751. The van der Waals surface area contributed by atoms with Crippen LogP contribution in [0.4, 0.5) is 10.5 Å². The molecule has 1 aliphatic heterocycles. The van der Waals surface area contributed by atoms with Gasteiger partial charge in [-0.2, -0.15) is 4.99 Å². The van der Waals surface area contributed by atoms with E-state index in [-0.39, 0.29) is 18.4 Å². The number of methoxy groups -OCH3 is 1. The van der Waals surface area contributed by atoms with Gasteiger partial charge in [-0.25, -0.2) is 4.79 Å². The molecule has 140 valence electrons. The molecule has 1 atom stereocenters. The summed E-state index contributed by atoms with van der Waals surface area (Å²) in [6, 6.07) is 6.54. The standard InChI is InChI=1S/C20H21N3O4/c1-27-15-11-9-14(10-12-15)21-18(24)8-4-5-13-23-19(25)16-6-2-3-7-17(16)22-20(23)26/h2-3,6-7,9-12,16H,4-5,8,13H2,1H3,(H,21,24). The Morgan fingerprint density at radius 3 is 2.70 bits per heavy atom. The monoisotopic (exact) mass is 367 g/mol. The number of nitrogens with one attached hydrogen (secondary N) is 1. The van der Waals surface area contributed by atoms with Crippen LogP contribution in [-0.4, -0.2) is 42.1 Å². The van der Waals surface area contributed by atoms with Gasteiger partial charge in [0.15, 0.2) is 0 Å². The van der Waals surface area contributed by atoms with Crippen molar-refractivity contribution in [3.8, 4) is 5.75 Å². The molecule has 0 radical (unpaired) electrons. The number of aliphatic imine (C=N–C) groups is 1. The van der Waals surface area contributed by atoms with Crippen LogP contribution in [0.2, 0.25) is 0 Å². The minimum Gasteiger partial charge on any atom is -0.497 e. The van der Waals surface area contributed by atoms with Gasteiger partial charge in [-0.05, 0) is 43.2 Å². The van der Waals surface area contributed by atoms with Crippen molar-refractivity contribution in [3.05, 3.63) is 48.6 Å². The van der Waals surface area contributed by atoms with Gasteiger partial charge >= 0.3 is 6.03 Å². The highest BCUT2D eigenvalue weighted by molar-refractivity contribution is 6.21. The zero-order valence-corrected chi connectivity index (χ0v) is 15.1. The number of imide groups is 1. The summed E-state index contributed by atoms with van der Waals surface area (Å²) in [5, 5.41) is 2.81. The van der Waals surface area contributed by atoms with Crippen molar-refractivity contribution in [2.75, 3.05) is 19.0 Å². The maximum atomic E-state index is 12.4. The van der Waals surface area contributed by atoms with E-state index in [2.05, 4.69) is 10.3 Å². The number of hydrogen-bond donors (Lipinski definition) is 1. The number of unbranched alkanes of at least 4 members (excludes halogenated alkanes) is 1. The first-order chi connectivity index (χ1) is 13.1. The van der Waals surface area contributed by atoms with Crippen LogP contribution in [0.25, 0.3) is 0 Å². The molecule has 0 saturated heterocycles. The van der Waals surface area contributed by atoms with Crippen molar-refractivity contribution >= 4 is 29.2 Å². The number of benzene rings is 1. The van der Waals surface area contributed by atoms with E-state index in [1.54, 1.807) is 55.7 Å². The summed E-state index contributed by atoms with van der Waals surface area (Å²) in [7, 11) is 1.58. The molecule has 0 saturated carbocycles. The predicted octanol–water partition coefficient (Wildman–Crippen LogP) is 2.95. The summed E-state index contributed by atoms with van der Waals surface area (Å²) in [5.41, 5.74) is 1.18. The van der Waals surface area contributed by atoms with Crippen LogP contribution in [0.15, 0.2) is 53.6 Å². The first-order valence-electron chi connectivity index (χ1n) is 8.81. The summed E-state index contributed by atoms with van der Waals surface area (Å²) >= 11 is 0. The van der Waals surface area contributed by atoms with E-state index in [4.69, 9.17) is 4.74 Å². The van der Waals surface area contributed by atoms with Crippen LogP contribution in [0.3, 0.4) is 0 Å². The highest BCUT2D eigenvalue weighted by Crippen LogP contribution is 2.20. The largest absolute Gasteiger partial charge is 0.497 e. The molecular formula is C20H21N3O4. The zero-order chi connectivity index (χ0) is 19.2. The number of hydrogen-bond acceptors (Lipinski definition) is 4. The molecule has 0 fully saturated rings. The van der Waals surface area contributed by atoms with Crippen molar-refractivity contribution in [3.63, 3.8) is 0 Å². The van der Waals surface area contributed by atoms with E-state index in [9.17, 15) is 14.4 Å². The molecule has 7 nitrogen and oxygen atoms in total. The van der Waals surface area contributed by atoms with E-state index >= 15 is 0 Å². The summed E-state index contributed by atoms with van der Waals surface area (Å²) in [6.45, 7) is 0.262. The van der Waals surface area contributed by atoms with E-state index < -0.39 is 11.9 Å². The molecule has 1 N–H and O–H groups in total. The number of carbonyl (C=O) groups is 3. The fraction of sp³-hybridized carbons (Fsp3) is 0.300. The second-order valence-electron chi connectivity index (χ2n) is 6.26. The van der Waals surface area contributed by atoms with Crippen LogP contribution in [0.5, 0.6) is 5.75 Å². The van der Waals surface area contributed by atoms with Crippen LogP contribution < -0.4 is 10.1 Å². The second-order valence-corrected chi connectivity index (χ2v) is 6.26. The molecule has 1 aliphatic carbocycles. The van der Waals surface area contributed by atoms with Gasteiger partial charge in [0.25, 0.3) is 0 Å². The van der Waals surface area contributed by atoms with Crippen molar-refractivity contribution in [2.45, 2.75) is 19.3 Å². The molecule has 1 aromatic rings. The molecule has 0 spiro atoms. The minimum atomic E-state index is -0.533. The summed E-state index contributed by atoms with van der Waals surface area (Å²) < 4.78 is 5.07. The summed E-state index contributed by atoms with van der Waals surface area (Å²) in [6.07, 6.45) is 8.37. The van der Waals surface area contributed by atoms with Gasteiger partial charge in [0, 0.05) is 18.7 Å². The van der Waals surface area contributed by atoms with Gasteiger partial charge in [0.1, 0.15) is 5.75 Å². The number of ether oxygens (including phenoxy) is 1. The molecular weight excluding hydrogens is 346 g/mol. The fourth-order valence-electron chi connectivity index (χ4n) is 2.94. The number of nitrogens with zero attached hydrogens (tertiary/aromatic N) is 2. The van der Waals surface area contributed by atoms with Gasteiger partial charge in [-0.15, -0.1) is 0 Å². The SMILES string of the molecule is COc1ccc(NC(=O)CCCCN2C(=O)N=C3C=CC=CC3C2=O)cc1. The third-order valence-electron chi connectivity index (χ3n) is 4.40. The van der Waals surface area contributed by atoms with E-state index in [1.165, 1.54) is 4.90 Å².